The van der Waals surface area contributed by atoms with E-state index in [1.54, 1.807) is 47.4 Å². The molecule has 8 heteroatoms. The first kappa shape index (κ1) is 18.1. The van der Waals surface area contributed by atoms with Crippen molar-refractivity contribution in [1.82, 2.24) is 4.90 Å². The molecule has 0 saturated carbocycles. The number of carbonyl (C=O) groups is 2. The minimum Gasteiger partial charge on any atom is -0.484 e. The first-order valence-electron chi connectivity index (χ1n) is 8.98. The van der Waals surface area contributed by atoms with Crippen LogP contribution in [-0.2, 0) is 9.53 Å². The average molecular weight is 384 g/mol. The number of hydrogen-bond donors (Lipinski definition) is 1. The van der Waals surface area contributed by atoms with Crippen molar-refractivity contribution in [1.29, 1.82) is 0 Å². The van der Waals surface area contributed by atoms with Crippen LogP contribution in [0.15, 0.2) is 42.5 Å². The van der Waals surface area contributed by atoms with Crippen LogP contribution < -0.4 is 19.5 Å². The molecule has 1 saturated heterocycles. The zero-order valence-electron chi connectivity index (χ0n) is 15.2. The number of nitrogens with zero attached hydrogens (tertiary/aromatic N) is 1. The van der Waals surface area contributed by atoms with E-state index in [1.807, 2.05) is 0 Å². The lowest BCUT2D eigenvalue weighted by Crippen LogP contribution is -2.40. The van der Waals surface area contributed by atoms with Gasteiger partial charge in [0.25, 0.3) is 11.8 Å². The third kappa shape index (κ3) is 4.17. The largest absolute Gasteiger partial charge is 0.484 e. The van der Waals surface area contributed by atoms with Gasteiger partial charge in [-0.05, 0) is 36.4 Å². The maximum Gasteiger partial charge on any atom is 0.262 e. The number of amides is 2. The van der Waals surface area contributed by atoms with Crippen molar-refractivity contribution in [2.75, 3.05) is 45.0 Å². The lowest BCUT2D eigenvalue weighted by Gasteiger charge is -2.26. The lowest BCUT2D eigenvalue weighted by molar-refractivity contribution is -0.118. The Kier molecular flexibility index (Phi) is 5.29. The van der Waals surface area contributed by atoms with Crippen LogP contribution in [0.5, 0.6) is 17.2 Å². The van der Waals surface area contributed by atoms with Crippen molar-refractivity contribution in [3.05, 3.63) is 48.0 Å². The molecule has 2 heterocycles. The Morgan fingerprint density at radius 3 is 2.54 bits per heavy atom. The number of fused-ring (bicyclic) bond motifs is 1. The average Bonchev–Trinajstić information content (AvgIpc) is 3.21. The second kappa shape index (κ2) is 8.18. The van der Waals surface area contributed by atoms with Crippen LogP contribution in [0, 0.1) is 0 Å². The number of carbonyl (C=O) groups excluding carboxylic acids is 2. The summed E-state index contributed by atoms with van der Waals surface area (Å²) in [5, 5.41) is 2.74. The Hall–Kier alpha value is -3.26. The molecule has 0 atom stereocenters. The summed E-state index contributed by atoms with van der Waals surface area (Å²) < 4.78 is 21.3. The predicted octanol–water partition coefficient (Wildman–Crippen LogP) is 1.91. The maximum absolute atomic E-state index is 12.4. The predicted molar refractivity (Wildman–Crippen MR) is 99.9 cm³/mol. The number of rotatable bonds is 5. The molecule has 1 fully saturated rings. The quantitative estimate of drug-likeness (QED) is 0.848. The molecule has 0 aliphatic carbocycles. The van der Waals surface area contributed by atoms with E-state index in [2.05, 4.69) is 5.32 Å². The Labute approximate surface area is 161 Å². The second-order valence-electron chi connectivity index (χ2n) is 6.33. The zero-order valence-corrected chi connectivity index (χ0v) is 15.2. The fourth-order valence-electron chi connectivity index (χ4n) is 2.96. The van der Waals surface area contributed by atoms with Gasteiger partial charge in [0.2, 0.25) is 6.79 Å². The molecule has 8 nitrogen and oxygen atoms in total. The van der Waals surface area contributed by atoms with E-state index in [1.165, 1.54) is 0 Å². The number of benzene rings is 2. The second-order valence-corrected chi connectivity index (χ2v) is 6.33. The number of morpholine rings is 1. The van der Waals surface area contributed by atoms with Crippen molar-refractivity contribution >= 4 is 17.5 Å². The molecule has 0 bridgehead atoms. The molecule has 2 aromatic carbocycles. The van der Waals surface area contributed by atoms with Crippen molar-refractivity contribution in [3.8, 4) is 17.2 Å². The monoisotopic (exact) mass is 384 g/mol. The van der Waals surface area contributed by atoms with E-state index in [0.717, 1.165) is 0 Å². The molecule has 28 heavy (non-hydrogen) atoms. The highest BCUT2D eigenvalue weighted by Crippen LogP contribution is 2.34. The van der Waals surface area contributed by atoms with Gasteiger partial charge < -0.3 is 29.2 Å². The lowest BCUT2D eigenvalue weighted by atomic mass is 10.2. The molecule has 2 aliphatic heterocycles. The first-order chi connectivity index (χ1) is 13.7. The Balaban J connectivity index is 1.28. The highest BCUT2D eigenvalue weighted by molar-refractivity contribution is 5.94. The van der Waals surface area contributed by atoms with Crippen LogP contribution in [0.4, 0.5) is 5.69 Å². The third-order valence-electron chi connectivity index (χ3n) is 4.43. The summed E-state index contributed by atoms with van der Waals surface area (Å²) in [6.07, 6.45) is 0. The summed E-state index contributed by atoms with van der Waals surface area (Å²) >= 11 is 0. The topological polar surface area (TPSA) is 86.3 Å². The standard InChI is InChI=1S/C20H20N2O6/c23-19(21-15-3-6-17-18(11-15)28-13-27-17)12-26-16-4-1-14(2-5-16)20(24)22-7-9-25-10-8-22/h1-6,11H,7-10,12-13H2,(H,21,23). The Morgan fingerprint density at radius 1 is 1.00 bits per heavy atom. The summed E-state index contributed by atoms with van der Waals surface area (Å²) in [6.45, 7) is 2.34. The SMILES string of the molecule is O=C(COc1ccc(C(=O)N2CCOCC2)cc1)Nc1ccc2c(c1)OCO2. The van der Waals surface area contributed by atoms with Crippen molar-refractivity contribution < 1.29 is 28.5 Å². The van der Waals surface area contributed by atoms with Gasteiger partial charge in [0.1, 0.15) is 5.75 Å². The van der Waals surface area contributed by atoms with Gasteiger partial charge in [0.05, 0.1) is 13.2 Å². The van der Waals surface area contributed by atoms with Gasteiger partial charge in [-0.15, -0.1) is 0 Å². The highest BCUT2D eigenvalue weighted by Gasteiger charge is 2.18. The van der Waals surface area contributed by atoms with Gasteiger partial charge in [-0.25, -0.2) is 0 Å². The summed E-state index contributed by atoms with van der Waals surface area (Å²) in [5.74, 6) is 1.43. The molecule has 1 N–H and O–H groups in total. The van der Waals surface area contributed by atoms with Crippen molar-refractivity contribution in [3.63, 3.8) is 0 Å². The number of nitrogens with one attached hydrogen (secondary N) is 1. The van der Waals surface area contributed by atoms with E-state index >= 15 is 0 Å². The van der Waals surface area contributed by atoms with E-state index in [-0.39, 0.29) is 25.2 Å². The Bertz CT molecular complexity index is 861. The van der Waals surface area contributed by atoms with Crippen LogP contribution in [-0.4, -0.2) is 56.4 Å². The van der Waals surface area contributed by atoms with Gasteiger partial charge in [0, 0.05) is 30.4 Å². The minimum absolute atomic E-state index is 0.0320. The molecular weight excluding hydrogens is 364 g/mol. The fraction of sp³-hybridized carbons (Fsp3) is 0.300. The van der Waals surface area contributed by atoms with E-state index in [9.17, 15) is 9.59 Å². The molecule has 0 aromatic heterocycles. The van der Waals surface area contributed by atoms with Crippen LogP contribution in [0.2, 0.25) is 0 Å². The van der Waals surface area contributed by atoms with Gasteiger partial charge in [0.15, 0.2) is 18.1 Å². The minimum atomic E-state index is -0.299. The molecule has 2 amide bonds. The molecular formula is C20H20N2O6. The molecule has 4 rings (SSSR count). The van der Waals surface area contributed by atoms with Crippen molar-refractivity contribution in [2.24, 2.45) is 0 Å². The van der Waals surface area contributed by atoms with Gasteiger partial charge in [-0.1, -0.05) is 0 Å². The van der Waals surface area contributed by atoms with Crippen LogP contribution >= 0.6 is 0 Å². The molecule has 0 unspecified atom stereocenters. The first-order valence-corrected chi connectivity index (χ1v) is 8.98. The fourth-order valence-corrected chi connectivity index (χ4v) is 2.96. The normalized spacial score (nSPS) is 15.2. The van der Waals surface area contributed by atoms with E-state index in [0.29, 0.717) is 54.8 Å². The third-order valence-corrected chi connectivity index (χ3v) is 4.43. The van der Waals surface area contributed by atoms with Crippen LogP contribution in [0.3, 0.4) is 0 Å². The van der Waals surface area contributed by atoms with Gasteiger partial charge in [-0.2, -0.15) is 0 Å². The van der Waals surface area contributed by atoms with Crippen LogP contribution in [0.25, 0.3) is 0 Å². The summed E-state index contributed by atoms with van der Waals surface area (Å²) in [5.41, 5.74) is 1.18. The highest BCUT2D eigenvalue weighted by atomic mass is 16.7. The Morgan fingerprint density at radius 2 is 1.75 bits per heavy atom. The zero-order chi connectivity index (χ0) is 19.3. The number of anilines is 1. The molecule has 0 radical (unpaired) electrons. The maximum atomic E-state index is 12.4. The molecule has 2 aromatic rings. The molecule has 0 spiro atoms. The van der Waals surface area contributed by atoms with E-state index < -0.39 is 0 Å². The smallest absolute Gasteiger partial charge is 0.262 e. The van der Waals surface area contributed by atoms with Crippen LogP contribution in [0.1, 0.15) is 10.4 Å². The van der Waals surface area contributed by atoms with E-state index in [4.69, 9.17) is 18.9 Å². The van der Waals surface area contributed by atoms with Gasteiger partial charge in [-0.3, -0.25) is 9.59 Å². The summed E-state index contributed by atoms with van der Waals surface area (Å²) in [4.78, 5) is 26.3. The number of hydrogen-bond acceptors (Lipinski definition) is 6. The van der Waals surface area contributed by atoms with Gasteiger partial charge >= 0.3 is 0 Å². The molecule has 2 aliphatic rings. The summed E-state index contributed by atoms with van der Waals surface area (Å²) in [6, 6.07) is 11.9. The molecule has 146 valence electrons. The van der Waals surface area contributed by atoms with Crippen molar-refractivity contribution in [2.45, 2.75) is 0 Å². The number of ether oxygens (including phenoxy) is 4. The summed E-state index contributed by atoms with van der Waals surface area (Å²) in [7, 11) is 0.